The molecule has 3 rings (SSSR count). The predicted molar refractivity (Wildman–Crippen MR) is 101 cm³/mol. The van der Waals surface area contributed by atoms with Crippen LogP contribution >= 0.6 is 0 Å². The molecule has 1 N–H and O–H groups in total. The highest BCUT2D eigenvalue weighted by molar-refractivity contribution is 6.01. The standard InChI is InChI=1S/C22H22FNO4/c1-14(19-21(26)28-22(2,3)27-19)20(25)24-13-17-7-5-4-6-16(17)12-15-8-10-18(23)11-9-15/h4-11H,12-13H2,1-3H3,(H,24,25). The highest BCUT2D eigenvalue weighted by Crippen LogP contribution is 2.28. The molecule has 0 spiro atoms. The first-order chi connectivity index (χ1) is 13.2. The van der Waals surface area contributed by atoms with Crippen molar-refractivity contribution in [3.05, 3.63) is 82.4 Å². The summed E-state index contributed by atoms with van der Waals surface area (Å²) in [6, 6.07) is 14.0. The van der Waals surface area contributed by atoms with Crippen LogP contribution < -0.4 is 5.32 Å². The van der Waals surface area contributed by atoms with Crippen LogP contribution in [0.3, 0.4) is 0 Å². The molecule has 28 heavy (non-hydrogen) atoms. The summed E-state index contributed by atoms with van der Waals surface area (Å²) in [5, 5.41) is 2.81. The first-order valence-corrected chi connectivity index (χ1v) is 8.98. The number of benzene rings is 2. The highest BCUT2D eigenvalue weighted by atomic mass is 19.1. The van der Waals surface area contributed by atoms with Crippen LogP contribution in [0.5, 0.6) is 0 Å². The van der Waals surface area contributed by atoms with Crippen LogP contribution in [0.4, 0.5) is 4.39 Å². The van der Waals surface area contributed by atoms with Crippen molar-refractivity contribution in [3.8, 4) is 0 Å². The fraction of sp³-hybridized carbons (Fsp3) is 0.273. The molecule has 146 valence electrons. The van der Waals surface area contributed by atoms with Gasteiger partial charge in [-0.25, -0.2) is 9.18 Å². The Balaban J connectivity index is 1.70. The first kappa shape index (κ1) is 19.6. The largest absolute Gasteiger partial charge is 0.445 e. The summed E-state index contributed by atoms with van der Waals surface area (Å²) in [6.07, 6.45) is 0.621. The minimum absolute atomic E-state index is 0.0675. The summed E-state index contributed by atoms with van der Waals surface area (Å²) < 4.78 is 23.6. The number of esters is 1. The van der Waals surface area contributed by atoms with Crippen molar-refractivity contribution in [2.45, 2.75) is 39.5 Å². The van der Waals surface area contributed by atoms with Gasteiger partial charge in [0.05, 0.1) is 5.57 Å². The lowest BCUT2D eigenvalue weighted by Gasteiger charge is -2.15. The number of rotatable bonds is 5. The van der Waals surface area contributed by atoms with Gasteiger partial charge in [-0.15, -0.1) is 0 Å². The third-order valence-corrected chi connectivity index (χ3v) is 4.42. The minimum Gasteiger partial charge on any atom is -0.445 e. The molecule has 2 aromatic carbocycles. The fourth-order valence-electron chi connectivity index (χ4n) is 2.94. The van der Waals surface area contributed by atoms with E-state index < -0.39 is 17.7 Å². The number of halogens is 1. The lowest BCUT2D eigenvalue weighted by molar-refractivity contribution is -0.159. The summed E-state index contributed by atoms with van der Waals surface area (Å²) >= 11 is 0. The van der Waals surface area contributed by atoms with Gasteiger partial charge < -0.3 is 14.8 Å². The summed E-state index contributed by atoms with van der Waals surface area (Å²) in [5.41, 5.74) is 3.11. The van der Waals surface area contributed by atoms with Crippen molar-refractivity contribution >= 4 is 11.9 Å². The Morgan fingerprint density at radius 1 is 1.04 bits per heavy atom. The molecule has 1 aliphatic heterocycles. The molecule has 6 heteroatoms. The average molecular weight is 383 g/mol. The maximum Gasteiger partial charge on any atom is 0.377 e. The second-order valence-corrected chi connectivity index (χ2v) is 7.10. The molecule has 0 saturated carbocycles. The van der Waals surface area contributed by atoms with E-state index in [1.54, 1.807) is 26.0 Å². The van der Waals surface area contributed by atoms with Crippen LogP contribution in [0.1, 0.15) is 37.5 Å². The van der Waals surface area contributed by atoms with E-state index in [9.17, 15) is 14.0 Å². The summed E-state index contributed by atoms with van der Waals surface area (Å²) in [5.74, 6) is -2.46. The summed E-state index contributed by atoms with van der Waals surface area (Å²) in [7, 11) is 0. The summed E-state index contributed by atoms with van der Waals surface area (Å²) in [6.45, 7) is 5.03. The molecule has 1 amide bonds. The van der Waals surface area contributed by atoms with Crippen molar-refractivity contribution in [1.29, 1.82) is 0 Å². The highest BCUT2D eigenvalue weighted by Gasteiger charge is 2.39. The van der Waals surface area contributed by atoms with Crippen LogP contribution in [0.2, 0.25) is 0 Å². The van der Waals surface area contributed by atoms with E-state index in [1.807, 2.05) is 24.3 Å². The third kappa shape index (κ3) is 4.57. The van der Waals surface area contributed by atoms with Crippen molar-refractivity contribution in [3.63, 3.8) is 0 Å². The zero-order valence-electron chi connectivity index (χ0n) is 16.0. The molecule has 0 unspecified atom stereocenters. The van der Waals surface area contributed by atoms with Crippen molar-refractivity contribution in [2.24, 2.45) is 0 Å². The maximum atomic E-state index is 13.1. The van der Waals surface area contributed by atoms with E-state index in [-0.39, 0.29) is 17.1 Å². The predicted octanol–water partition coefficient (Wildman–Crippen LogP) is 3.62. The zero-order valence-corrected chi connectivity index (χ0v) is 16.0. The number of amides is 1. The fourth-order valence-corrected chi connectivity index (χ4v) is 2.94. The maximum absolute atomic E-state index is 13.1. The van der Waals surface area contributed by atoms with Crippen molar-refractivity contribution < 1.29 is 23.5 Å². The molecule has 1 heterocycles. The number of nitrogens with one attached hydrogen (secondary N) is 1. The number of cyclic esters (lactones) is 1. The molecule has 0 radical (unpaired) electrons. The smallest absolute Gasteiger partial charge is 0.377 e. The van der Waals surface area contributed by atoms with E-state index in [1.165, 1.54) is 19.1 Å². The van der Waals surface area contributed by atoms with E-state index >= 15 is 0 Å². The van der Waals surface area contributed by atoms with E-state index in [0.717, 1.165) is 16.7 Å². The second kappa shape index (κ2) is 7.84. The number of hydrogen-bond acceptors (Lipinski definition) is 4. The number of carbonyl (C=O) groups excluding carboxylic acids is 2. The topological polar surface area (TPSA) is 64.6 Å². The van der Waals surface area contributed by atoms with Gasteiger partial charge in [0.2, 0.25) is 11.5 Å². The molecule has 0 atom stereocenters. The molecule has 0 aliphatic carbocycles. The molecule has 1 saturated heterocycles. The van der Waals surface area contributed by atoms with Gasteiger partial charge in [0.1, 0.15) is 5.82 Å². The lowest BCUT2D eigenvalue weighted by Crippen LogP contribution is -2.26. The zero-order chi connectivity index (χ0) is 20.3. The van der Waals surface area contributed by atoms with Gasteiger partial charge in [0, 0.05) is 20.4 Å². The Morgan fingerprint density at radius 2 is 1.68 bits per heavy atom. The lowest BCUT2D eigenvalue weighted by atomic mass is 9.99. The van der Waals surface area contributed by atoms with E-state index in [4.69, 9.17) is 9.47 Å². The Bertz CT molecular complexity index is 932. The second-order valence-electron chi connectivity index (χ2n) is 7.10. The monoisotopic (exact) mass is 383 g/mol. The van der Waals surface area contributed by atoms with Gasteiger partial charge in [-0.3, -0.25) is 4.79 Å². The Morgan fingerprint density at radius 3 is 2.29 bits per heavy atom. The van der Waals surface area contributed by atoms with Crippen LogP contribution in [-0.2, 0) is 32.0 Å². The molecular weight excluding hydrogens is 361 g/mol. The summed E-state index contributed by atoms with van der Waals surface area (Å²) in [4.78, 5) is 24.3. The van der Waals surface area contributed by atoms with E-state index in [2.05, 4.69) is 5.32 Å². The Kier molecular flexibility index (Phi) is 5.49. The first-order valence-electron chi connectivity index (χ1n) is 8.98. The van der Waals surface area contributed by atoms with Crippen LogP contribution in [0, 0.1) is 5.82 Å². The van der Waals surface area contributed by atoms with Crippen molar-refractivity contribution in [2.75, 3.05) is 0 Å². The Labute approximate surface area is 163 Å². The SMILES string of the molecule is CC(C(=O)NCc1ccccc1Cc1ccc(F)cc1)=C1OC(C)(C)OC1=O. The number of carbonyl (C=O) groups is 2. The van der Waals surface area contributed by atoms with Crippen LogP contribution in [-0.4, -0.2) is 17.7 Å². The Hall–Kier alpha value is -3.15. The molecule has 1 fully saturated rings. The minimum atomic E-state index is -1.07. The third-order valence-electron chi connectivity index (χ3n) is 4.42. The van der Waals surface area contributed by atoms with E-state index in [0.29, 0.717) is 13.0 Å². The van der Waals surface area contributed by atoms with Crippen LogP contribution in [0.15, 0.2) is 59.9 Å². The van der Waals surface area contributed by atoms with Gasteiger partial charge in [-0.2, -0.15) is 0 Å². The van der Waals surface area contributed by atoms with Gasteiger partial charge in [0.25, 0.3) is 5.91 Å². The molecule has 0 bridgehead atoms. The average Bonchev–Trinajstić information content (AvgIpc) is 2.94. The van der Waals surface area contributed by atoms with Gasteiger partial charge in [-0.1, -0.05) is 36.4 Å². The molecule has 5 nitrogen and oxygen atoms in total. The normalized spacial score (nSPS) is 16.9. The van der Waals surface area contributed by atoms with Gasteiger partial charge in [0.15, 0.2) is 0 Å². The van der Waals surface area contributed by atoms with Gasteiger partial charge in [-0.05, 0) is 42.2 Å². The molecule has 1 aliphatic rings. The van der Waals surface area contributed by atoms with Crippen molar-refractivity contribution in [1.82, 2.24) is 5.32 Å². The van der Waals surface area contributed by atoms with Crippen LogP contribution in [0.25, 0.3) is 0 Å². The quantitative estimate of drug-likeness (QED) is 0.633. The van der Waals surface area contributed by atoms with Gasteiger partial charge >= 0.3 is 5.97 Å². The number of hydrogen-bond donors (Lipinski definition) is 1. The number of ether oxygens (including phenoxy) is 2. The molecule has 2 aromatic rings. The molecule has 0 aromatic heterocycles. The molecular formula is C22H22FNO4.